The molecule has 0 saturated carbocycles. The molecule has 0 fully saturated rings. The van der Waals surface area contributed by atoms with Crippen LogP contribution in [0.15, 0.2) is 18.2 Å². The van der Waals surface area contributed by atoms with Gasteiger partial charge in [-0.3, -0.25) is 0 Å². The van der Waals surface area contributed by atoms with Crippen LogP contribution in [-0.4, -0.2) is 16.1 Å². The minimum Gasteiger partial charge on any atom is -0.476 e. The summed E-state index contributed by atoms with van der Waals surface area (Å²) in [5, 5.41) is 12.2. The van der Waals surface area contributed by atoms with Crippen molar-refractivity contribution in [2.75, 3.05) is 5.32 Å². The van der Waals surface area contributed by atoms with E-state index >= 15 is 0 Å². The number of carboxylic acid groups (broad SMARTS) is 1. The molecule has 1 aromatic carbocycles. The predicted octanol–water partition coefficient (Wildman–Crippen LogP) is 3.69. The Kier molecular flexibility index (Phi) is 3.49. The second-order valence-electron chi connectivity index (χ2n) is 3.48. The first-order valence-corrected chi connectivity index (χ1v) is 6.09. The quantitative estimate of drug-likeness (QED) is 0.903. The summed E-state index contributed by atoms with van der Waals surface area (Å²) in [4.78, 5) is 15.3. The first-order valence-electron chi connectivity index (χ1n) is 4.90. The molecular formula is C11H8ClFN2O2S. The summed E-state index contributed by atoms with van der Waals surface area (Å²) < 4.78 is 13.5. The van der Waals surface area contributed by atoms with Crippen molar-refractivity contribution in [3.8, 4) is 0 Å². The lowest BCUT2D eigenvalue weighted by atomic mass is 10.3. The van der Waals surface area contributed by atoms with Crippen molar-refractivity contribution in [2.45, 2.75) is 6.92 Å². The highest BCUT2D eigenvalue weighted by Gasteiger charge is 2.14. The van der Waals surface area contributed by atoms with Crippen molar-refractivity contribution < 1.29 is 14.3 Å². The van der Waals surface area contributed by atoms with E-state index in [-0.39, 0.29) is 11.4 Å². The first-order chi connectivity index (χ1) is 8.47. The maximum atomic E-state index is 13.5. The van der Waals surface area contributed by atoms with Gasteiger partial charge in [0.05, 0.1) is 5.69 Å². The molecule has 1 heterocycles. The second kappa shape index (κ2) is 4.91. The van der Waals surface area contributed by atoms with Gasteiger partial charge in [-0.1, -0.05) is 11.6 Å². The summed E-state index contributed by atoms with van der Waals surface area (Å²) in [7, 11) is 0. The summed E-state index contributed by atoms with van der Waals surface area (Å²) in [6, 6.07) is 4.17. The molecule has 0 amide bonds. The van der Waals surface area contributed by atoms with Gasteiger partial charge in [-0.2, -0.15) is 0 Å². The number of carboxylic acids is 1. The molecule has 94 valence electrons. The highest BCUT2D eigenvalue weighted by atomic mass is 35.5. The Morgan fingerprint density at radius 1 is 1.56 bits per heavy atom. The zero-order chi connectivity index (χ0) is 13.3. The normalized spacial score (nSPS) is 10.4. The van der Waals surface area contributed by atoms with Crippen molar-refractivity contribution in [3.05, 3.63) is 39.6 Å². The average Bonchev–Trinajstić information content (AvgIpc) is 2.64. The number of rotatable bonds is 3. The van der Waals surface area contributed by atoms with Crippen LogP contribution in [0.5, 0.6) is 0 Å². The van der Waals surface area contributed by atoms with Gasteiger partial charge in [0.25, 0.3) is 0 Å². The van der Waals surface area contributed by atoms with E-state index in [0.29, 0.717) is 15.0 Å². The van der Waals surface area contributed by atoms with E-state index in [0.717, 1.165) is 11.3 Å². The first kappa shape index (κ1) is 12.8. The molecular weight excluding hydrogens is 279 g/mol. The Hall–Kier alpha value is -1.66. The molecule has 0 atom stereocenters. The third-order valence-corrected chi connectivity index (χ3v) is 3.29. The summed E-state index contributed by atoms with van der Waals surface area (Å²) >= 11 is 6.78. The monoisotopic (exact) mass is 286 g/mol. The van der Waals surface area contributed by atoms with E-state index in [4.69, 9.17) is 16.7 Å². The van der Waals surface area contributed by atoms with Crippen LogP contribution in [0, 0.1) is 12.7 Å². The van der Waals surface area contributed by atoms with Crippen molar-refractivity contribution in [1.29, 1.82) is 0 Å². The summed E-state index contributed by atoms with van der Waals surface area (Å²) in [6.45, 7) is 1.64. The summed E-state index contributed by atoms with van der Waals surface area (Å²) in [6.07, 6.45) is 0. The van der Waals surface area contributed by atoms with E-state index in [1.54, 1.807) is 6.92 Å². The van der Waals surface area contributed by atoms with Gasteiger partial charge in [-0.05, 0) is 25.1 Å². The van der Waals surface area contributed by atoms with Gasteiger partial charge in [0, 0.05) is 9.90 Å². The van der Waals surface area contributed by atoms with Crippen molar-refractivity contribution in [1.82, 2.24) is 4.98 Å². The van der Waals surface area contributed by atoms with Gasteiger partial charge in [-0.25, -0.2) is 14.2 Å². The number of aromatic nitrogens is 1. The molecule has 4 nitrogen and oxygen atoms in total. The minimum absolute atomic E-state index is 0.0307. The number of thiazole rings is 1. The van der Waals surface area contributed by atoms with Crippen LogP contribution in [0.25, 0.3) is 0 Å². The van der Waals surface area contributed by atoms with Crippen LogP contribution in [-0.2, 0) is 0 Å². The molecule has 0 bridgehead atoms. The number of hydrogen-bond acceptors (Lipinski definition) is 4. The summed E-state index contributed by atoms with van der Waals surface area (Å²) in [5.41, 5.74) is 0.168. The Bertz CT molecular complexity index is 615. The maximum Gasteiger partial charge on any atom is 0.355 e. The molecule has 1 aromatic heterocycles. The van der Waals surface area contributed by atoms with Crippen LogP contribution in [0.3, 0.4) is 0 Å². The third-order valence-electron chi connectivity index (χ3n) is 2.17. The van der Waals surface area contributed by atoms with Gasteiger partial charge in [0.1, 0.15) is 5.82 Å². The fourth-order valence-electron chi connectivity index (χ4n) is 1.35. The van der Waals surface area contributed by atoms with E-state index in [2.05, 4.69) is 10.3 Å². The van der Waals surface area contributed by atoms with Crippen molar-refractivity contribution >= 4 is 39.7 Å². The standard InChI is InChI=1S/C11H8ClFN2O2S/c1-5-9(10(16)17)15-11(18-5)14-8-3-2-6(12)4-7(8)13/h2-4H,1H3,(H,14,15)(H,16,17). The van der Waals surface area contributed by atoms with E-state index in [9.17, 15) is 9.18 Å². The molecule has 18 heavy (non-hydrogen) atoms. The lowest BCUT2D eigenvalue weighted by Crippen LogP contribution is -1.99. The van der Waals surface area contributed by atoms with Gasteiger partial charge in [0.15, 0.2) is 10.8 Å². The zero-order valence-corrected chi connectivity index (χ0v) is 10.8. The predicted molar refractivity (Wildman–Crippen MR) is 68.5 cm³/mol. The number of hydrogen-bond donors (Lipinski definition) is 2. The van der Waals surface area contributed by atoms with E-state index < -0.39 is 11.8 Å². The molecule has 0 aliphatic rings. The lowest BCUT2D eigenvalue weighted by molar-refractivity contribution is 0.0690. The van der Waals surface area contributed by atoms with Crippen LogP contribution in [0.4, 0.5) is 15.2 Å². The molecule has 0 saturated heterocycles. The Balaban J connectivity index is 2.29. The molecule has 0 aliphatic carbocycles. The number of carbonyl (C=O) groups is 1. The molecule has 0 spiro atoms. The topological polar surface area (TPSA) is 62.2 Å². The molecule has 7 heteroatoms. The Labute approximate surface area is 111 Å². The van der Waals surface area contributed by atoms with Gasteiger partial charge in [-0.15, -0.1) is 11.3 Å². The minimum atomic E-state index is -1.10. The Morgan fingerprint density at radius 2 is 2.28 bits per heavy atom. The van der Waals surface area contributed by atoms with Crippen LogP contribution < -0.4 is 5.32 Å². The molecule has 0 aliphatic heterocycles. The fraction of sp³-hybridized carbons (Fsp3) is 0.0909. The molecule has 2 N–H and O–H groups in total. The van der Waals surface area contributed by atoms with E-state index in [1.807, 2.05) is 0 Å². The SMILES string of the molecule is Cc1sc(Nc2ccc(Cl)cc2F)nc1C(=O)O. The van der Waals surface area contributed by atoms with Crippen LogP contribution in [0.1, 0.15) is 15.4 Å². The number of aromatic carboxylic acids is 1. The average molecular weight is 287 g/mol. The van der Waals surface area contributed by atoms with Gasteiger partial charge >= 0.3 is 5.97 Å². The second-order valence-corrected chi connectivity index (χ2v) is 5.12. The zero-order valence-electron chi connectivity index (χ0n) is 9.20. The number of anilines is 2. The van der Waals surface area contributed by atoms with E-state index in [1.165, 1.54) is 18.2 Å². The van der Waals surface area contributed by atoms with Crippen LogP contribution in [0.2, 0.25) is 5.02 Å². The third kappa shape index (κ3) is 2.60. The number of aryl methyl sites for hydroxylation is 1. The van der Waals surface area contributed by atoms with Gasteiger partial charge in [0.2, 0.25) is 0 Å². The van der Waals surface area contributed by atoms with Crippen molar-refractivity contribution in [3.63, 3.8) is 0 Å². The fourth-order valence-corrected chi connectivity index (χ4v) is 2.33. The van der Waals surface area contributed by atoms with Crippen LogP contribution >= 0.6 is 22.9 Å². The number of nitrogens with zero attached hydrogens (tertiary/aromatic N) is 1. The lowest BCUT2D eigenvalue weighted by Gasteiger charge is -2.03. The van der Waals surface area contributed by atoms with Gasteiger partial charge < -0.3 is 10.4 Å². The largest absolute Gasteiger partial charge is 0.476 e. The maximum absolute atomic E-state index is 13.5. The number of benzene rings is 1. The molecule has 0 radical (unpaired) electrons. The molecule has 2 aromatic rings. The highest BCUT2D eigenvalue weighted by Crippen LogP contribution is 2.27. The Morgan fingerprint density at radius 3 is 2.83 bits per heavy atom. The number of nitrogens with one attached hydrogen (secondary N) is 1. The number of halogens is 2. The van der Waals surface area contributed by atoms with Crippen molar-refractivity contribution in [2.24, 2.45) is 0 Å². The molecule has 2 rings (SSSR count). The highest BCUT2D eigenvalue weighted by molar-refractivity contribution is 7.15. The smallest absolute Gasteiger partial charge is 0.355 e. The summed E-state index contributed by atoms with van der Waals surface area (Å²) in [5.74, 6) is -1.62. The molecule has 0 unspecified atom stereocenters.